The van der Waals surface area contributed by atoms with Crippen LogP contribution < -0.4 is 15.8 Å². The number of aryl methyl sites for hydroxylation is 1. The summed E-state index contributed by atoms with van der Waals surface area (Å²) >= 11 is 3.24. The van der Waals surface area contributed by atoms with E-state index in [1.165, 1.54) is 19.2 Å². The highest BCUT2D eigenvalue weighted by atomic mass is 79.9. The van der Waals surface area contributed by atoms with Gasteiger partial charge in [-0.3, -0.25) is 15.1 Å². The summed E-state index contributed by atoms with van der Waals surface area (Å²) in [6.45, 7) is 2.15. The minimum absolute atomic E-state index is 0.0186. The fourth-order valence-electron chi connectivity index (χ4n) is 3.27. The topological polar surface area (TPSA) is 110 Å². The Bertz CT molecular complexity index is 1100. The van der Waals surface area contributed by atoms with Crippen molar-refractivity contribution in [1.82, 2.24) is 9.88 Å². The highest BCUT2D eigenvalue weighted by molar-refractivity contribution is 9.10. The van der Waals surface area contributed by atoms with Gasteiger partial charge < -0.3 is 15.4 Å². The van der Waals surface area contributed by atoms with Crippen molar-refractivity contribution in [3.8, 4) is 5.88 Å². The predicted octanol–water partition coefficient (Wildman–Crippen LogP) is 3.58. The average Bonchev–Trinajstić information content (AvgIpc) is 2.70. The van der Waals surface area contributed by atoms with Crippen molar-refractivity contribution in [2.24, 2.45) is 10.7 Å². The number of halogens is 4. The van der Waals surface area contributed by atoms with Crippen molar-refractivity contribution < 1.29 is 27.5 Å². The number of hydrogen-bond donors (Lipinski definition) is 2. The first-order chi connectivity index (χ1) is 15.0. The summed E-state index contributed by atoms with van der Waals surface area (Å²) in [5.41, 5.74) is 3.30. The fourth-order valence-corrected chi connectivity index (χ4v) is 3.72. The summed E-state index contributed by atoms with van der Waals surface area (Å²) in [5.74, 6) is -1.69. The molecule has 1 aromatic heterocycles. The largest absolute Gasteiger partial charge is 0.418 e. The third kappa shape index (κ3) is 4.85. The van der Waals surface area contributed by atoms with Crippen LogP contribution >= 0.6 is 15.9 Å². The van der Waals surface area contributed by atoms with Crippen molar-refractivity contribution >= 4 is 39.5 Å². The zero-order valence-corrected chi connectivity index (χ0v) is 18.6. The molecule has 1 aliphatic rings. The van der Waals surface area contributed by atoms with Crippen LogP contribution in [0, 0.1) is 12.7 Å². The maximum absolute atomic E-state index is 14.7. The van der Waals surface area contributed by atoms with Gasteiger partial charge in [-0.05, 0) is 47.1 Å². The molecule has 170 valence electrons. The van der Waals surface area contributed by atoms with Crippen LogP contribution in [0.5, 0.6) is 5.88 Å². The first kappa shape index (κ1) is 23.5. The number of amides is 2. The number of alkyl halides is 2. The second kappa shape index (κ2) is 9.15. The molecule has 0 spiro atoms. The van der Waals surface area contributed by atoms with E-state index in [9.17, 15) is 22.8 Å². The van der Waals surface area contributed by atoms with E-state index in [1.807, 2.05) is 0 Å². The quantitative estimate of drug-likeness (QED) is 0.649. The van der Waals surface area contributed by atoms with Crippen molar-refractivity contribution in [2.75, 3.05) is 18.4 Å². The second-order valence-corrected chi connectivity index (χ2v) is 8.10. The van der Waals surface area contributed by atoms with E-state index in [-0.39, 0.29) is 23.9 Å². The van der Waals surface area contributed by atoms with Gasteiger partial charge in [0.2, 0.25) is 11.8 Å². The van der Waals surface area contributed by atoms with Gasteiger partial charge in [-0.2, -0.15) is 0 Å². The molecule has 2 amide bonds. The Hall–Kier alpha value is -3.15. The summed E-state index contributed by atoms with van der Waals surface area (Å²) in [6, 6.07) is 4.80. The van der Waals surface area contributed by atoms with E-state index in [0.717, 1.165) is 17.0 Å². The van der Waals surface area contributed by atoms with Crippen molar-refractivity contribution in [2.45, 2.75) is 25.8 Å². The van der Waals surface area contributed by atoms with Crippen LogP contribution in [0.2, 0.25) is 0 Å². The molecule has 8 nitrogen and oxygen atoms in total. The molecule has 0 saturated carbocycles. The molecule has 0 bridgehead atoms. The highest BCUT2D eigenvalue weighted by Gasteiger charge is 2.48. The van der Waals surface area contributed by atoms with Crippen LogP contribution in [-0.2, 0) is 10.3 Å². The molecule has 2 heterocycles. The number of rotatable bonds is 4. The van der Waals surface area contributed by atoms with Gasteiger partial charge >= 0.3 is 6.09 Å². The summed E-state index contributed by atoms with van der Waals surface area (Å²) in [4.78, 5) is 32.9. The molecule has 2 aromatic rings. The van der Waals surface area contributed by atoms with Gasteiger partial charge in [0.15, 0.2) is 5.54 Å². The van der Waals surface area contributed by atoms with Gasteiger partial charge in [-0.25, -0.2) is 22.9 Å². The van der Waals surface area contributed by atoms with Gasteiger partial charge in [-0.1, -0.05) is 0 Å². The maximum atomic E-state index is 14.7. The average molecular weight is 514 g/mol. The number of nitrogens with one attached hydrogen (secondary N) is 1. The number of aliphatic imine (C=N–C) groups is 1. The molecule has 32 heavy (non-hydrogen) atoms. The summed E-state index contributed by atoms with van der Waals surface area (Å²) in [5, 5.41) is 2.36. The Morgan fingerprint density at radius 2 is 2.06 bits per heavy atom. The number of carbonyl (C=O) groups is 2. The van der Waals surface area contributed by atoms with Gasteiger partial charge in [0, 0.05) is 34.4 Å². The zero-order valence-electron chi connectivity index (χ0n) is 17.0. The van der Waals surface area contributed by atoms with Crippen LogP contribution in [0.3, 0.4) is 0 Å². The number of amidine groups is 1. The molecule has 0 saturated heterocycles. The van der Waals surface area contributed by atoms with Gasteiger partial charge in [0.05, 0.1) is 13.1 Å². The molecular weight excluding hydrogens is 495 g/mol. The van der Waals surface area contributed by atoms with E-state index in [2.05, 4.69) is 31.2 Å². The number of nitrogens with two attached hydrogens (primary N) is 1. The standard InChI is InChI=1S/C20H19BrF3N5O3/c1-10-5-12(21)7-26-17(10)32-19(31)27-13-3-4-15(22)14(6-13)20(18(23)24)9-29(11(2)30)8-16(25)28-20/h3-7,18H,8-9H2,1-2H3,(H2,25,28)(H,27,31). The number of hydrogen-bond acceptors (Lipinski definition) is 6. The van der Waals surface area contributed by atoms with Crippen LogP contribution in [-0.4, -0.2) is 47.2 Å². The first-order valence-electron chi connectivity index (χ1n) is 9.30. The molecule has 12 heteroatoms. The van der Waals surface area contributed by atoms with Gasteiger partial charge in [0.1, 0.15) is 11.7 Å². The zero-order chi connectivity index (χ0) is 23.6. The summed E-state index contributed by atoms with van der Waals surface area (Å²) < 4.78 is 48.9. The van der Waals surface area contributed by atoms with Crippen molar-refractivity contribution in [1.29, 1.82) is 0 Å². The molecule has 1 aliphatic heterocycles. The number of benzene rings is 1. The Morgan fingerprint density at radius 3 is 2.69 bits per heavy atom. The molecule has 0 aliphatic carbocycles. The monoisotopic (exact) mass is 513 g/mol. The first-order valence-corrected chi connectivity index (χ1v) is 10.1. The number of anilines is 1. The van der Waals surface area contributed by atoms with Gasteiger partial charge in [-0.15, -0.1) is 0 Å². The molecule has 1 unspecified atom stereocenters. The molecule has 3 rings (SSSR count). The van der Waals surface area contributed by atoms with E-state index in [0.29, 0.717) is 10.0 Å². The Labute approximate surface area is 189 Å². The Kier molecular flexibility index (Phi) is 6.72. The normalized spacial score (nSPS) is 18.3. The lowest BCUT2D eigenvalue weighted by atomic mass is 9.87. The maximum Gasteiger partial charge on any atom is 0.418 e. The summed E-state index contributed by atoms with van der Waals surface area (Å²) in [6.07, 6.45) is -2.71. The lowest BCUT2D eigenvalue weighted by Gasteiger charge is -2.39. The number of carbonyl (C=O) groups excluding carboxylic acids is 2. The van der Waals surface area contributed by atoms with Crippen LogP contribution in [0.1, 0.15) is 18.1 Å². The molecule has 1 atom stereocenters. The SMILES string of the molecule is CC(=O)N1CC(N)=NC(c2cc(NC(=O)Oc3ncc(Br)cc3C)ccc2F)(C(F)F)C1. The van der Waals surface area contributed by atoms with E-state index in [1.54, 1.807) is 13.0 Å². The van der Waals surface area contributed by atoms with E-state index >= 15 is 0 Å². The van der Waals surface area contributed by atoms with E-state index < -0.39 is 41.9 Å². The minimum Gasteiger partial charge on any atom is -0.391 e. The Morgan fingerprint density at radius 1 is 1.34 bits per heavy atom. The lowest BCUT2D eigenvalue weighted by molar-refractivity contribution is -0.130. The number of aromatic nitrogens is 1. The number of nitrogens with zero attached hydrogens (tertiary/aromatic N) is 3. The third-order valence-electron chi connectivity index (χ3n) is 4.80. The molecular formula is C20H19BrF3N5O3. The highest BCUT2D eigenvalue weighted by Crippen LogP contribution is 2.38. The summed E-state index contributed by atoms with van der Waals surface area (Å²) in [7, 11) is 0. The molecule has 3 N–H and O–H groups in total. The molecule has 0 radical (unpaired) electrons. The van der Waals surface area contributed by atoms with Gasteiger partial charge in [0.25, 0.3) is 6.43 Å². The molecule has 0 fully saturated rings. The number of ether oxygens (including phenoxy) is 1. The van der Waals surface area contributed by atoms with Crippen molar-refractivity contribution in [3.63, 3.8) is 0 Å². The predicted molar refractivity (Wildman–Crippen MR) is 114 cm³/mol. The molecule has 1 aromatic carbocycles. The Balaban J connectivity index is 1.92. The fraction of sp³-hybridized carbons (Fsp3) is 0.300. The third-order valence-corrected chi connectivity index (χ3v) is 5.23. The minimum atomic E-state index is -3.19. The van der Waals surface area contributed by atoms with Crippen LogP contribution in [0.4, 0.5) is 23.7 Å². The number of pyridine rings is 1. The van der Waals surface area contributed by atoms with Crippen molar-refractivity contribution in [3.05, 3.63) is 51.9 Å². The van der Waals surface area contributed by atoms with Crippen LogP contribution in [0.15, 0.2) is 39.9 Å². The van der Waals surface area contributed by atoms with Crippen LogP contribution in [0.25, 0.3) is 0 Å². The van der Waals surface area contributed by atoms with E-state index in [4.69, 9.17) is 10.5 Å². The second-order valence-electron chi connectivity index (χ2n) is 7.19. The lowest BCUT2D eigenvalue weighted by Crippen LogP contribution is -2.54. The smallest absolute Gasteiger partial charge is 0.391 e.